The fraction of sp³-hybridized carbons (Fsp3) is 0.667. The van der Waals surface area contributed by atoms with Gasteiger partial charge in [0.1, 0.15) is 0 Å². The molecule has 128 valence electrons. The van der Waals surface area contributed by atoms with E-state index in [1.165, 1.54) is 32.6 Å². The molecule has 4 heteroatoms. The number of hydrogen-bond donors (Lipinski definition) is 1. The minimum absolute atomic E-state index is 0.176. The fourth-order valence-electron chi connectivity index (χ4n) is 1.47. The third kappa shape index (κ3) is 18.4. The second kappa shape index (κ2) is 14.4. The fourth-order valence-corrected chi connectivity index (χ4v) is 1.47. The molecule has 0 unspecified atom stereocenters. The van der Waals surface area contributed by atoms with Crippen LogP contribution in [0.15, 0.2) is 24.3 Å². The quantitative estimate of drug-likeness (QED) is 0.359. The first kappa shape index (κ1) is 22.7. The number of rotatable bonds is 10. The molecule has 0 aliphatic carbocycles. The van der Waals surface area contributed by atoms with Gasteiger partial charge in [0.25, 0.3) is 0 Å². The monoisotopic (exact) mass is 312 g/mol. The Morgan fingerprint density at radius 1 is 0.955 bits per heavy atom. The van der Waals surface area contributed by atoms with Gasteiger partial charge in [-0.15, -0.1) is 0 Å². The lowest BCUT2D eigenvalue weighted by atomic mass is 10.0. The van der Waals surface area contributed by atoms with E-state index in [1.54, 1.807) is 6.92 Å². The van der Waals surface area contributed by atoms with Gasteiger partial charge in [0.15, 0.2) is 0 Å². The number of carbonyl (C=O) groups excluding carboxylic acids is 1. The SMILES string of the molecule is C=C(C)C(=O)O.C=C(C)C(=O)OCCCCCCCC(C)C. The van der Waals surface area contributed by atoms with E-state index in [4.69, 9.17) is 9.84 Å². The first-order chi connectivity index (χ1) is 10.2. The molecule has 0 saturated heterocycles. The van der Waals surface area contributed by atoms with Gasteiger partial charge in [-0.3, -0.25) is 0 Å². The summed E-state index contributed by atoms with van der Waals surface area (Å²) in [4.78, 5) is 20.6. The minimum atomic E-state index is -0.935. The Morgan fingerprint density at radius 3 is 1.82 bits per heavy atom. The van der Waals surface area contributed by atoms with Gasteiger partial charge in [-0.05, 0) is 26.2 Å². The molecule has 0 rings (SSSR count). The van der Waals surface area contributed by atoms with Crippen molar-refractivity contribution in [2.75, 3.05) is 6.61 Å². The zero-order chi connectivity index (χ0) is 17.5. The van der Waals surface area contributed by atoms with Crippen molar-refractivity contribution in [2.24, 2.45) is 5.92 Å². The highest BCUT2D eigenvalue weighted by atomic mass is 16.5. The molecule has 0 aliphatic heterocycles. The molecule has 0 aromatic heterocycles. The summed E-state index contributed by atoms with van der Waals surface area (Å²) in [6.07, 6.45) is 7.32. The van der Waals surface area contributed by atoms with Crippen molar-refractivity contribution >= 4 is 11.9 Å². The second-order valence-electron chi connectivity index (χ2n) is 5.95. The van der Waals surface area contributed by atoms with E-state index >= 15 is 0 Å². The minimum Gasteiger partial charge on any atom is -0.478 e. The molecule has 0 fully saturated rings. The standard InChI is InChI=1S/C14H26O2.C4H6O2/c1-12(2)10-8-6-5-7-9-11-16-14(15)13(3)4;1-3(2)4(5)6/h12H,3,5-11H2,1-2,4H3;1H2,2H3,(H,5,6). The Kier molecular flexibility index (Phi) is 14.8. The molecule has 0 bridgehead atoms. The normalized spacial score (nSPS) is 9.68. The van der Waals surface area contributed by atoms with Crippen molar-refractivity contribution in [2.45, 2.75) is 66.2 Å². The van der Waals surface area contributed by atoms with Gasteiger partial charge in [-0.1, -0.05) is 59.1 Å². The van der Waals surface area contributed by atoms with Crippen LogP contribution in [-0.4, -0.2) is 23.7 Å². The lowest BCUT2D eigenvalue weighted by Gasteiger charge is -2.05. The first-order valence-corrected chi connectivity index (χ1v) is 7.89. The van der Waals surface area contributed by atoms with Crippen molar-refractivity contribution in [1.29, 1.82) is 0 Å². The van der Waals surface area contributed by atoms with Crippen molar-refractivity contribution in [1.82, 2.24) is 0 Å². The van der Waals surface area contributed by atoms with Gasteiger partial charge in [-0.25, -0.2) is 9.59 Å². The maximum absolute atomic E-state index is 11.0. The van der Waals surface area contributed by atoms with E-state index < -0.39 is 5.97 Å². The van der Waals surface area contributed by atoms with Gasteiger partial charge in [-0.2, -0.15) is 0 Å². The zero-order valence-corrected chi connectivity index (χ0v) is 14.6. The number of carboxylic acid groups (broad SMARTS) is 1. The Hall–Kier alpha value is -1.58. The summed E-state index contributed by atoms with van der Waals surface area (Å²) in [5.41, 5.74) is 0.659. The van der Waals surface area contributed by atoms with Crippen LogP contribution in [0.25, 0.3) is 0 Å². The van der Waals surface area contributed by atoms with Crippen molar-refractivity contribution in [3.8, 4) is 0 Å². The summed E-state index contributed by atoms with van der Waals surface area (Å²) in [7, 11) is 0. The summed E-state index contributed by atoms with van der Waals surface area (Å²) in [5, 5.41) is 7.89. The maximum Gasteiger partial charge on any atom is 0.333 e. The predicted octanol–water partition coefficient (Wildman–Crippen LogP) is 4.75. The van der Waals surface area contributed by atoms with Crippen LogP contribution in [0.3, 0.4) is 0 Å². The molecule has 0 aromatic rings. The number of esters is 1. The van der Waals surface area contributed by atoms with E-state index in [2.05, 4.69) is 27.0 Å². The maximum atomic E-state index is 11.0. The second-order valence-corrected chi connectivity index (χ2v) is 5.95. The molecule has 0 atom stereocenters. The van der Waals surface area contributed by atoms with E-state index in [-0.39, 0.29) is 11.5 Å². The van der Waals surface area contributed by atoms with Crippen LogP contribution in [0.2, 0.25) is 0 Å². The summed E-state index contributed by atoms with van der Waals surface area (Å²) >= 11 is 0. The van der Waals surface area contributed by atoms with E-state index in [9.17, 15) is 9.59 Å². The highest BCUT2D eigenvalue weighted by Crippen LogP contribution is 2.10. The van der Waals surface area contributed by atoms with E-state index in [0.717, 1.165) is 18.8 Å². The lowest BCUT2D eigenvalue weighted by molar-refractivity contribution is -0.139. The van der Waals surface area contributed by atoms with Crippen molar-refractivity contribution in [3.05, 3.63) is 24.3 Å². The third-order valence-corrected chi connectivity index (χ3v) is 2.87. The van der Waals surface area contributed by atoms with Crippen LogP contribution in [0.1, 0.15) is 66.2 Å². The molecule has 0 aromatic carbocycles. The first-order valence-electron chi connectivity index (χ1n) is 7.89. The predicted molar refractivity (Wildman–Crippen MR) is 90.8 cm³/mol. The Bertz CT molecular complexity index is 344. The Morgan fingerprint density at radius 2 is 1.41 bits per heavy atom. The molecule has 0 aliphatic rings. The van der Waals surface area contributed by atoms with Gasteiger partial charge in [0.05, 0.1) is 6.61 Å². The summed E-state index contributed by atoms with van der Waals surface area (Å²) in [5.74, 6) is -0.383. The summed E-state index contributed by atoms with van der Waals surface area (Å²) in [6, 6.07) is 0. The molecule has 0 radical (unpaired) electrons. The smallest absolute Gasteiger partial charge is 0.333 e. The van der Waals surface area contributed by atoms with E-state index in [1.807, 2.05) is 0 Å². The zero-order valence-electron chi connectivity index (χ0n) is 14.6. The number of hydrogen-bond acceptors (Lipinski definition) is 3. The van der Waals surface area contributed by atoms with Crippen molar-refractivity contribution < 1.29 is 19.4 Å². The summed E-state index contributed by atoms with van der Waals surface area (Å²) in [6.45, 7) is 14.9. The molecule has 1 N–H and O–H groups in total. The number of ether oxygens (including phenoxy) is 1. The van der Waals surface area contributed by atoms with E-state index in [0.29, 0.717) is 12.2 Å². The van der Waals surface area contributed by atoms with Crippen LogP contribution < -0.4 is 0 Å². The van der Waals surface area contributed by atoms with Gasteiger partial charge < -0.3 is 9.84 Å². The molecular formula is C18H32O4. The number of aliphatic carboxylic acids is 1. The lowest BCUT2D eigenvalue weighted by Crippen LogP contribution is -2.05. The molecule has 4 nitrogen and oxygen atoms in total. The largest absolute Gasteiger partial charge is 0.478 e. The average Bonchev–Trinajstić information content (AvgIpc) is 2.41. The van der Waals surface area contributed by atoms with Crippen LogP contribution in [-0.2, 0) is 14.3 Å². The number of unbranched alkanes of at least 4 members (excludes halogenated alkanes) is 4. The average molecular weight is 312 g/mol. The van der Waals surface area contributed by atoms with Crippen LogP contribution >= 0.6 is 0 Å². The van der Waals surface area contributed by atoms with Gasteiger partial charge >= 0.3 is 11.9 Å². The van der Waals surface area contributed by atoms with Crippen LogP contribution in [0.4, 0.5) is 0 Å². The highest BCUT2D eigenvalue weighted by molar-refractivity contribution is 5.86. The topological polar surface area (TPSA) is 63.6 Å². The van der Waals surface area contributed by atoms with Gasteiger partial charge in [0.2, 0.25) is 0 Å². The third-order valence-electron chi connectivity index (χ3n) is 2.87. The molecule has 0 amide bonds. The van der Waals surface area contributed by atoms with Crippen molar-refractivity contribution in [3.63, 3.8) is 0 Å². The molecule has 0 spiro atoms. The molecule has 0 saturated carbocycles. The highest BCUT2D eigenvalue weighted by Gasteiger charge is 2.01. The Balaban J connectivity index is 0. The Labute approximate surface area is 135 Å². The number of carboxylic acids is 1. The van der Waals surface area contributed by atoms with Crippen LogP contribution in [0, 0.1) is 5.92 Å². The van der Waals surface area contributed by atoms with Crippen LogP contribution in [0.5, 0.6) is 0 Å². The summed E-state index contributed by atoms with van der Waals surface area (Å²) < 4.78 is 5.01. The molecule has 22 heavy (non-hydrogen) atoms. The molecule has 0 heterocycles. The number of carbonyl (C=O) groups is 2. The van der Waals surface area contributed by atoms with Gasteiger partial charge in [0, 0.05) is 11.1 Å². The molecular weight excluding hydrogens is 280 g/mol.